The maximum Gasteiger partial charge on any atom is 0.301 e. The Labute approximate surface area is 193 Å². The van der Waals surface area contributed by atoms with Gasteiger partial charge in [0, 0.05) is 42.6 Å². The summed E-state index contributed by atoms with van der Waals surface area (Å²) < 4.78 is 5.85. The van der Waals surface area contributed by atoms with Gasteiger partial charge in [0.05, 0.1) is 21.6 Å². The molecule has 12 heteroatoms. The van der Waals surface area contributed by atoms with Crippen molar-refractivity contribution in [3.8, 4) is 0 Å². The van der Waals surface area contributed by atoms with Crippen LogP contribution in [0.3, 0.4) is 0 Å². The first-order chi connectivity index (χ1) is 16.3. The number of amides is 1. The molecule has 0 bridgehead atoms. The number of benzene rings is 1. The first-order valence-electron chi connectivity index (χ1n) is 10.4. The van der Waals surface area contributed by atoms with Crippen LogP contribution in [0, 0.1) is 27.2 Å². The molecule has 12 nitrogen and oxygen atoms in total. The number of aryl methyl sites for hydroxylation is 1. The van der Waals surface area contributed by atoms with Crippen LogP contribution in [-0.2, 0) is 13.0 Å². The second-order valence-corrected chi connectivity index (χ2v) is 7.64. The van der Waals surface area contributed by atoms with E-state index in [4.69, 9.17) is 4.42 Å². The predicted octanol–water partition coefficient (Wildman–Crippen LogP) is 3.88. The highest BCUT2D eigenvalue weighted by molar-refractivity contribution is 6.06. The second-order valence-electron chi connectivity index (χ2n) is 7.64. The number of hydrogen-bond acceptors (Lipinski definition) is 9. The second kappa shape index (κ2) is 9.48. The topological polar surface area (TPSA) is 166 Å². The largest absolute Gasteiger partial charge is 0.455 e. The normalized spacial score (nSPS) is 13.9. The Hall–Kier alpha value is -4.61. The lowest BCUT2D eigenvalue weighted by Gasteiger charge is -2.13. The van der Waals surface area contributed by atoms with Crippen molar-refractivity contribution in [1.82, 2.24) is 10.3 Å². The van der Waals surface area contributed by atoms with Crippen molar-refractivity contribution in [1.29, 1.82) is 0 Å². The highest BCUT2D eigenvalue weighted by atomic mass is 16.6. The first kappa shape index (κ1) is 22.6. The predicted molar refractivity (Wildman–Crippen MR) is 122 cm³/mol. The minimum atomic E-state index is -0.713. The van der Waals surface area contributed by atoms with E-state index in [1.807, 2.05) is 6.07 Å². The van der Waals surface area contributed by atoms with Gasteiger partial charge in [0.15, 0.2) is 5.76 Å². The maximum atomic E-state index is 12.7. The molecule has 4 rings (SSSR count). The van der Waals surface area contributed by atoms with Gasteiger partial charge in [-0.3, -0.25) is 35.4 Å². The molecule has 0 spiro atoms. The summed E-state index contributed by atoms with van der Waals surface area (Å²) in [5.74, 6) is 0.438. The van der Waals surface area contributed by atoms with Gasteiger partial charge in [-0.2, -0.15) is 5.10 Å². The van der Waals surface area contributed by atoms with Crippen molar-refractivity contribution in [3.63, 3.8) is 0 Å². The van der Waals surface area contributed by atoms with Gasteiger partial charge < -0.3 is 9.73 Å². The summed E-state index contributed by atoms with van der Waals surface area (Å²) >= 11 is 0. The minimum absolute atomic E-state index is 0.0193. The Balaban J connectivity index is 1.58. The van der Waals surface area contributed by atoms with E-state index in [2.05, 4.69) is 20.8 Å². The number of nitro groups is 2. The number of nitro benzene ring substituents is 2. The first-order valence-corrected chi connectivity index (χ1v) is 10.4. The molecule has 1 aromatic carbocycles. The summed E-state index contributed by atoms with van der Waals surface area (Å²) in [6.07, 6.45) is 5.23. The van der Waals surface area contributed by atoms with E-state index in [1.54, 1.807) is 25.4 Å². The van der Waals surface area contributed by atoms with Crippen LogP contribution in [0.5, 0.6) is 0 Å². The third-order valence-corrected chi connectivity index (χ3v) is 5.41. The van der Waals surface area contributed by atoms with E-state index >= 15 is 0 Å². The number of furan rings is 1. The Morgan fingerprint density at radius 1 is 1.21 bits per heavy atom. The van der Waals surface area contributed by atoms with Gasteiger partial charge in [-0.15, -0.1) is 0 Å². The van der Waals surface area contributed by atoms with Crippen molar-refractivity contribution in [2.75, 3.05) is 5.43 Å². The van der Waals surface area contributed by atoms with Crippen molar-refractivity contribution in [3.05, 3.63) is 91.2 Å². The van der Waals surface area contributed by atoms with Gasteiger partial charge in [-0.05, 0) is 37.5 Å². The molecule has 0 fully saturated rings. The smallest absolute Gasteiger partial charge is 0.301 e. The van der Waals surface area contributed by atoms with Crippen LogP contribution < -0.4 is 10.7 Å². The van der Waals surface area contributed by atoms with E-state index in [9.17, 15) is 25.0 Å². The zero-order valence-electron chi connectivity index (χ0n) is 18.1. The van der Waals surface area contributed by atoms with Crippen LogP contribution in [-0.4, -0.2) is 26.4 Å². The van der Waals surface area contributed by atoms with E-state index in [1.165, 1.54) is 6.07 Å². The summed E-state index contributed by atoms with van der Waals surface area (Å²) in [4.78, 5) is 37.7. The molecular weight excluding hydrogens is 444 g/mol. The third kappa shape index (κ3) is 4.60. The van der Waals surface area contributed by atoms with Crippen molar-refractivity contribution in [2.45, 2.75) is 32.7 Å². The summed E-state index contributed by atoms with van der Waals surface area (Å²) in [5, 5.41) is 29.5. The zero-order chi connectivity index (χ0) is 24.2. The number of nitrogens with one attached hydrogen (secondary N) is 2. The molecule has 1 amide bonds. The molecule has 174 valence electrons. The molecule has 0 saturated carbocycles. The van der Waals surface area contributed by atoms with E-state index in [-0.39, 0.29) is 17.4 Å². The molecule has 0 saturated heterocycles. The number of rotatable bonds is 7. The molecule has 0 atom stereocenters. The molecule has 3 aromatic rings. The molecule has 0 aliphatic heterocycles. The number of aromatic nitrogens is 1. The molecule has 1 aliphatic carbocycles. The van der Waals surface area contributed by atoms with E-state index in [0.29, 0.717) is 42.0 Å². The Morgan fingerprint density at radius 3 is 2.74 bits per heavy atom. The highest BCUT2D eigenvalue weighted by Crippen LogP contribution is 2.32. The quantitative estimate of drug-likeness (QED) is 0.392. The lowest BCUT2D eigenvalue weighted by atomic mass is 9.93. The number of nitrogens with zero attached hydrogens (tertiary/aromatic N) is 4. The van der Waals surface area contributed by atoms with Crippen LogP contribution in [0.4, 0.5) is 17.1 Å². The minimum Gasteiger partial charge on any atom is -0.455 e. The Kier molecular flexibility index (Phi) is 6.30. The summed E-state index contributed by atoms with van der Waals surface area (Å²) in [6, 6.07) is 6.91. The van der Waals surface area contributed by atoms with Gasteiger partial charge in [-0.1, -0.05) is 6.07 Å². The zero-order valence-corrected chi connectivity index (χ0v) is 18.1. The monoisotopic (exact) mass is 464 g/mol. The van der Waals surface area contributed by atoms with Crippen LogP contribution in [0.15, 0.2) is 52.2 Å². The number of carbonyl (C=O) groups is 1. The van der Waals surface area contributed by atoms with Crippen LogP contribution >= 0.6 is 0 Å². The highest BCUT2D eigenvalue weighted by Gasteiger charge is 2.28. The standard InChI is InChI=1S/C22H20N6O6/c1-13-20-17(26-25-16-8-7-15(27(30)31)10-18(16)28(32)33)5-2-6-19(20)34-21(13)22(29)24-12-14-4-3-9-23-11-14/h3-4,7-11,25H,2,5-6,12H2,1H3,(H,24,29)/b26-17+. The molecule has 0 radical (unpaired) electrons. The van der Waals surface area contributed by atoms with Gasteiger partial charge >= 0.3 is 5.69 Å². The number of fused-ring (bicyclic) bond motifs is 1. The summed E-state index contributed by atoms with van der Waals surface area (Å²) in [7, 11) is 0. The number of anilines is 1. The fourth-order valence-corrected chi connectivity index (χ4v) is 3.77. The van der Waals surface area contributed by atoms with Crippen molar-refractivity contribution in [2.24, 2.45) is 5.10 Å². The van der Waals surface area contributed by atoms with Gasteiger partial charge in [0.2, 0.25) is 0 Å². The lowest BCUT2D eigenvalue weighted by Crippen LogP contribution is -2.23. The fourth-order valence-electron chi connectivity index (χ4n) is 3.77. The molecule has 2 heterocycles. The van der Waals surface area contributed by atoms with Crippen molar-refractivity contribution >= 4 is 28.7 Å². The average molecular weight is 464 g/mol. The SMILES string of the molecule is Cc1c(C(=O)NCc2cccnc2)oc2c1/C(=N/Nc1ccc([N+](=O)[O-])cc1[N+](=O)[O-])CCC2. The number of carbonyl (C=O) groups excluding carboxylic acids is 1. The molecule has 2 aromatic heterocycles. The third-order valence-electron chi connectivity index (χ3n) is 5.41. The molecule has 1 aliphatic rings. The van der Waals surface area contributed by atoms with Gasteiger partial charge in [-0.25, -0.2) is 0 Å². The number of hydrogen-bond donors (Lipinski definition) is 2. The average Bonchev–Trinajstić information content (AvgIpc) is 3.18. The van der Waals surface area contributed by atoms with E-state index < -0.39 is 21.2 Å². The molecule has 34 heavy (non-hydrogen) atoms. The van der Waals surface area contributed by atoms with Gasteiger partial charge in [0.25, 0.3) is 11.6 Å². The maximum absolute atomic E-state index is 12.7. The summed E-state index contributed by atoms with van der Waals surface area (Å²) in [5.41, 5.74) is 4.57. The lowest BCUT2D eigenvalue weighted by molar-refractivity contribution is -0.393. The number of non-ortho nitro benzene ring substituents is 1. The Morgan fingerprint density at radius 2 is 2.03 bits per heavy atom. The summed E-state index contributed by atoms with van der Waals surface area (Å²) in [6.45, 7) is 2.06. The van der Waals surface area contributed by atoms with Crippen molar-refractivity contribution < 1.29 is 19.1 Å². The van der Waals surface area contributed by atoms with Gasteiger partial charge in [0.1, 0.15) is 11.4 Å². The molecular formula is C22H20N6O6. The molecule has 2 N–H and O–H groups in total. The number of hydrazone groups is 1. The fraction of sp³-hybridized carbons (Fsp3) is 0.227. The van der Waals surface area contributed by atoms with E-state index in [0.717, 1.165) is 24.1 Å². The Bertz CT molecular complexity index is 1300. The number of pyridine rings is 1. The van der Waals surface area contributed by atoms with Crippen LogP contribution in [0.1, 0.15) is 45.8 Å². The van der Waals surface area contributed by atoms with Crippen LogP contribution in [0.2, 0.25) is 0 Å². The molecule has 0 unspecified atom stereocenters. The van der Waals surface area contributed by atoms with Crippen LogP contribution in [0.25, 0.3) is 0 Å².